The number of nitrogens with zero attached hydrogens (tertiary/aromatic N) is 1. The fraction of sp³-hybridized carbons (Fsp3) is 0.917. The molecule has 0 radical (unpaired) electrons. The maximum atomic E-state index is 11.9. The third-order valence-electron chi connectivity index (χ3n) is 3.06. The normalized spacial score (nSPS) is 20.8. The van der Waals surface area contributed by atoms with Gasteiger partial charge in [-0.25, -0.2) is 0 Å². The molecule has 1 aliphatic rings. The van der Waals surface area contributed by atoms with E-state index in [0.29, 0.717) is 19.0 Å². The zero-order chi connectivity index (χ0) is 11.5. The van der Waals surface area contributed by atoms with Crippen LogP contribution in [0.25, 0.3) is 0 Å². The first-order valence-corrected chi connectivity index (χ1v) is 5.93. The Morgan fingerprint density at radius 2 is 2.06 bits per heavy atom. The minimum Gasteiger partial charge on any atom is -0.338 e. The molecule has 0 spiro atoms. The zero-order valence-corrected chi connectivity index (χ0v) is 11.5. The fourth-order valence-electron chi connectivity index (χ4n) is 2.03. The third kappa shape index (κ3) is 4.71. The quantitative estimate of drug-likeness (QED) is 0.832. The second kappa shape index (κ2) is 6.45. The van der Waals surface area contributed by atoms with Gasteiger partial charge in [-0.1, -0.05) is 20.8 Å². The van der Waals surface area contributed by atoms with E-state index in [0.717, 1.165) is 25.8 Å². The van der Waals surface area contributed by atoms with Crippen molar-refractivity contribution in [3.63, 3.8) is 0 Å². The van der Waals surface area contributed by atoms with Gasteiger partial charge in [0, 0.05) is 25.6 Å². The van der Waals surface area contributed by atoms with Crippen LogP contribution >= 0.6 is 12.4 Å². The van der Waals surface area contributed by atoms with Crippen molar-refractivity contribution in [2.45, 2.75) is 52.5 Å². The molecular weight excluding hydrogens is 224 g/mol. The lowest BCUT2D eigenvalue weighted by Crippen LogP contribution is -2.40. The van der Waals surface area contributed by atoms with Crippen LogP contribution in [0, 0.1) is 5.41 Å². The van der Waals surface area contributed by atoms with Gasteiger partial charge >= 0.3 is 0 Å². The van der Waals surface area contributed by atoms with Crippen molar-refractivity contribution >= 4 is 18.3 Å². The molecule has 0 aromatic rings. The minimum absolute atomic E-state index is 0. The van der Waals surface area contributed by atoms with E-state index in [1.54, 1.807) is 0 Å². The second-order valence-electron chi connectivity index (χ2n) is 5.68. The van der Waals surface area contributed by atoms with E-state index in [1.165, 1.54) is 0 Å². The summed E-state index contributed by atoms with van der Waals surface area (Å²) in [6.45, 7) is 8.03. The second-order valence-corrected chi connectivity index (χ2v) is 5.68. The van der Waals surface area contributed by atoms with Crippen LogP contribution in [-0.2, 0) is 4.79 Å². The summed E-state index contributed by atoms with van der Waals surface area (Å²) < 4.78 is 0. The SMILES string of the molecule is CC(C)(C)CCC(=O)N1CCCC1CN.Cl. The van der Waals surface area contributed by atoms with E-state index < -0.39 is 0 Å². The van der Waals surface area contributed by atoms with E-state index >= 15 is 0 Å². The Hall–Kier alpha value is -0.280. The highest BCUT2D eigenvalue weighted by Crippen LogP contribution is 2.23. The fourth-order valence-corrected chi connectivity index (χ4v) is 2.03. The van der Waals surface area contributed by atoms with Crippen molar-refractivity contribution in [3.8, 4) is 0 Å². The van der Waals surface area contributed by atoms with Gasteiger partial charge in [0.25, 0.3) is 0 Å². The Morgan fingerprint density at radius 3 is 2.56 bits per heavy atom. The molecule has 1 fully saturated rings. The first kappa shape index (κ1) is 15.7. The summed E-state index contributed by atoms with van der Waals surface area (Å²) in [6, 6.07) is 0.303. The van der Waals surface area contributed by atoms with Crippen LogP contribution in [0.3, 0.4) is 0 Å². The maximum absolute atomic E-state index is 11.9. The number of carbonyl (C=O) groups is 1. The molecule has 1 amide bonds. The van der Waals surface area contributed by atoms with E-state index in [2.05, 4.69) is 20.8 Å². The van der Waals surface area contributed by atoms with Gasteiger partial charge in [0.2, 0.25) is 5.91 Å². The average molecular weight is 249 g/mol. The first-order valence-electron chi connectivity index (χ1n) is 5.93. The van der Waals surface area contributed by atoms with Crippen molar-refractivity contribution in [1.82, 2.24) is 4.90 Å². The summed E-state index contributed by atoms with van der Waals surface area (Å²) in [6.07, 6.45) is 3.82. The van der Waals surface area contributed by atoms with Crippen LogP contribution in [0.4, 0.5) is 0 Å². The molecular formula is C12H25ClN2O. The Balaban J connectivity index is 0.00000225. The first-order chi connectivity index (χ1) is 6.94. The largest absolute Gasteiger partial charge is 0.338 e. The van der Waals surface area contributed by atoms with Gasteiger partial charge in [0.1, 0.15) is 0 Å². The van der Waals surface area contributed by atoms with Crippen LogP contribution in [0.2, 0.25) is 0 Å². The van der Waals surface area contributed by atoms with Gasteiger partial charge in [-0.15, -0.1) is 12.4 Å². The summed E-state index contributed by atoms with van der Waals surface area (Å²) in [5, 5.41) is 0. The molecule has 3 nitrogen and oxygen atoms in total. The van der Waals surface area contributed by atoms with Gasteiger partial charge in [0.05, 0.1) is 0 Å². The Kier molecular flexibility index (Phi) is 6.34. The molecule has 0 aliphatic carbocycles. The highest BCUT2D eigenvalue weighted by Gasteiger charge is 2.27. The van der Waals surface area contributed by atoms with Gasteiger partial charge in [-0.3, -0.25) is 4.79 Å². The minimum atomic E-state index is 0. The van der Waals surface area contributed by atoms with Crippen LogP contribution in [0.1, 0.15) is 46.5 Å². The van der Waals surface area contributed by atoms with Gasteiger partial charge in [-0.05, 0) is 24.7 Å². The van der Waals surface area contributed by atoms with Crippen LogP contribution < -0.4 is 5.73 Å². The summed E-state index contributed by atoms with van der Waals surface area (Å²) >= 11 is 0. The number of hydrogen-bond acceptors (Lipinski definition) is 2. The van der Waals surface area contributed by atoms with Crippen molar-refractivity contribution in [1.29, 1.82) is 0 Å². The molecule has 0 aromatic carbocycles. The van der Waals surface area contributed by atoms with E-state index in [9.17, 15) is 4.79 Å². The van der Waals surface area contributed by atoms with Crippen LogP contribution in [0.15, 0.2) is 0 Å². The summed E-state index contributed by atoms with van der Waals surface area (Å²) in [4.78, 5) is 13.9. The van der Waals surface area contributed by atoms with E-state index in [-0.39, 0.29) is 23.7 Å². The molecule has 0 aromatic heterocycles. The van der Waals surface area contributed by atoms with Crippen molar-refractivity contribution in [2.24, 2.45) is 11.1 Å². The zero-order valence-electron chi connectivity index (χ0n) is 10.7. The van der Waals surface area contributed by atoms with E-state index in [4.69, 9.17) is 5.73 Å². The Morgan fingerprint density at radius 1 is 1.44 bits per heavy atom. The lowest BCUT2D eigenvalue weighted by molar-refractivity contribution is -0.132. The predicted molar refractivity (Wildman–Crippen MR) is 69.7 cm³/mol. The number of carbonyl (C=O) groups excluding carboxylic acids is 1. The predicted octanol–water partition coefficient (Wildman–Crippen LogP) is 2.18. The number of hydrogen-bond donors (Lipinski definition) is 1. The van der Waals surface area contributed by atoms with Crippen LogP contribution in [0.5, 0.6) is 0 Å². The lowest BCUT2D eigenvalue weighted by Gasteiger charge is -2.25. The standard InChI is InChI=1S/C12H24N2O.ClH/c1-12(2,3)7-6-11(15)14-8-4-5-10(14)9-13;/h10H,4-9,13H2,1-3H3;1H. The van der Waals surface area contributed by atoms with Gasteiger partial charge in [0.15, 0.2) is 0 Å². The summed E-state index contributed by atoms with van der Waals surface area (Å²) in [7, 11) is 0. The Labute approximate surface area is 105 Å². The highest BCUT2D eigenvalue weighted by molar-refractivity contribution is 5.85. The molecule has 2 N–H and O–H groups in total. The molecule has 1 atom stereocenters. The molecule has 96 valence electrons. The number of amides is 1. The molecule has 0 bridgehead atoms. The Bertz CT molecular complexity index is 226. The number of nitrogens with two attached hydrogens (primary N) is 1. The summed E-state index contributed by atoms with van der Waals surface area (Å²) in [5.74, 6) is 0.290. The van der Waals surface area contributed by atoms with Crippen molar-refractivity contribution in [2.75, 3.05) is 13.1 Å². The monoisotopic (exact) mass is 248 g/mol. The van der Waals surface area contributed by atoms with Gasteiger partial charge in [-0.2, -0.15) is 0 Å². The molecule has 1 saturated heterocycles. The smallest absolute Gasteiger partial charge is 0.222 e. The molecule has 1 aliphatic heterocycles. The summed E-state index contributed by atoms with van der Waals surface area (Å²) in [5.41, 5.74) is 5.89. The molecule has 1 heterocycles. The maximum Gasteiger partial charge on any atom is 0.222 e. The number of rotatable bonds is 3. The molecule has 1 rings (SSSR count). The molecule has 4 heteroatoms. The van der Waals surface area contributed by atoms with Crippen molar-refractivity contribution in [3.05, 3.63) is 0 Å². The van der Waals surface area contributed by atoms with E-state index in [1.807, 2.05) is 4.90 Å². The van der Waals surface area contributed by atoms with Crippen LogP contribution in [-0.4, -0.2) is 29.9 Å². The number of halogens is 1. The van der Waals surface area contributed by atoms with Crippen molar-refractivity contribution < 1.29 is 4.79 Å². The van der Waals surface area contributed by atoms with Gasteiger partial charge < -0.3 is 10.6 Å². The highest BCUT2D eigenvalue weighted by atomic mass is 35.5. The molecule has 16 heavy (non-hydrogen) atoms. The molecule has 1 unspecified atom stereocenters. The third-order valence-corrected chi connectivity index (χ3v) is 3.06. The average Bonchev–Trinajstić information content (AvgIpc) is 2.60. The topological polar surface area (TPSA) is 46.3 Å². The number of likely N-dealkylation sites (tertiary alicyclic amines) is 1. The lowest BCUT2D eigenvalue weighted by atomic mass is 9.90. The molecule has 0 saturated carbocycles.